The SMILES string of the molecule is CCN(C[C@H]1CCCCN1Cc1ccccc1)C(=O)CCl. The highest BCUT2D eigenvalue weighted by Gasteiger charge is 2.25. The van der Waals surface area contributed by atoms with E-state index in [0.717, 1.165) is 26.2 Å². The summed E-state index contributed by atoms with van der Waals surface area (Å²) in [7, 11) is 0. The standard InChI is InChI=1S/C17H25ClN2O/c1-2-19(17(21)12-18)14-16-10-6-7-11-20(16)13-15-8-4-3-5-9-15/h3-5,8-9,16H,2,6-7,10-14H2,1H3/t16-/m1/s1. The van der Waals surface area contributed by atoms with Crippen LogP contribution in [0.25, 0.3) is 0 Å². The monoisotopic (exact) mass is 308 g/mol. The number of hydrogen-bond donors (Lipinski definition) is 0. The average Bonchev–Trinajstić information content (AvgIpc) is 2.54. The molecule has 1 aromatic rings. The first-order valence-electron chi connectivity index (χ1n) is 7.86. The summed E-state index contributed by atoms with van der Waals surface area (Å²) in [6.45, 7) is 5.65. The summed E-state index contributed by atoms with van der Waals surface area (Å²) in [4.78, 5) is 16.3. The van der Waals surface area contributed by atoms with E-state index in [2.05, 4.69) is 35.2 Å². The molecule has 2 rings (SSSR count). The van der Waals surface area contributed by atoms with E-state index < -0.39 is 0 Å². The van der Waals surface area contributed by atoms with Gasteiger partial charge in [-0.2, -0.15) is 0 Å². The molecule has 1 aliphatic heterocycles. The highest BCUT2D eigenvalue weighted by molar-refractivity contribution is 6.27. The number of piperidine rings is 1. The van der Waals surface area contributed by atoms with Gasteiger partial charge in [-0.1, -0.05) is 36.8 Å². The molecule has 21 heavy (non-hydrogen) atoms. The van der Waals surface area contributed by atoms with E-state index in [1.54, 1.807) is 0 Å². The van der Waals surface area contributed by atoms with Crippen molar-refractivity contribution in [1.82, 2.24) is 9.80 Å². The lowest BCUT2D eigenvalue weighted by Gasteiger charge is -2.38. The van der Waals surface area contributed by atoms with Crippen molar-refractivity contribution in [2.45, 2.75) is 38.8 Å². The Labute approximate surface area is 132 Å². The molecule has 1 heterocycles. The van der Waals surface area contributed by atoms with Crippen molar-refractivity contribution in [3.63, 3.8) is 0 Å². The van der Waals surface area contributed by atoms with E-state index >= 15 is 0 Å². The number of rotatable bonds is 6. The molecule has 1 saturated heterocycles. The van der Waals surface area contributed by atoms with Gasteiger partial charge < -0.3 is 4.90 Å². The summed E-state index contributed by atoms with van der Waals surface area (Å²) in [5.41, 5.74) is 1.34. The van der Waals surface area contributed by atoms with E-state index in [4.69, 9.17) is 11.6 Å². The Balaban J connectivity index is 1.99. The van der Waals surface area contributed by atoms with Crippen molar-refractivity contribution in [3.05, 3.63) is 35.9 Å². The lowest BCUT2D eigenvalue weighted by molar-refractivity contribution is -0.129. The van der Waals surface area contributed by atoms with Gasteiger partial charge in [0.15, 0.2) is 0 Å². The molecule has 1 amide bonds. The first-order valence-corrected chi connectivity index (χ1v) is 8.39. The predicted octanol–water partition coefficient (Wildman–Crippen LogP) is 3.13. The van der Waals surface area contributed by atoms with Crippen molar-refractivity contribution >= 4 is 17.5 Å². The highest BCUT2D eigenvalue weighted by atomic mass is 35.5. The van der Waals surface area contributed by atoms with Gasteiger partial charge in [0.2, 0.25) is 5.91 Å². The van der Waals surface area contributed by atoms with Crippen LogP contribution < -0.4 is 0 Å². The predicted molar refractivity (Wildman–Crippen MR) is 87.5 cm³/mol. The number of amides is 1. The van der Waals surface area contributed by atoms with Crippen molar-refractivity contribution in [3.8, 4) is 0 Å². The molecule has 0 N–H and O–H groups in total. The first-order chi connectivity index (χ1) is 10.2. The Morgan fingerprint density at radius 1 is 1.33 bits per heavy atom. The Hall–Kier alpha value is -1.06. The topological polar surface area (TPSA) is 23.6 Å². The van der Waals surface area contributed by atoms with E-state index in [0.29, 0.717) is 6.04 Å². The second-order valence-corrected chi connectivity index (χ2v) is 5.94. The van der Waals surface area contributed by atoms with Gasteiger partial charge in [0.05, 0.1) is 0 Å². The van der Waals surface area contributed by atoms with E-state index in [9.17, 15) is 4.79 Å². The van der Waals surface area contributed by atoms with Crippen LogP contribution in [0.2, 0.25) is 0 Å². The van der Waals surface area contributed by atoms with Crippen LogP contribution in [0.3, 0.4) is 0 Å². The smallest absolute Gasteiger partial charge is 0.237 e. The zero-order valence-electron chi connectivity index (χ0n) is 12.8. The number of benzene rings is 1. The molecular formula is C17H25ClN2O. The van der Waals surface area contributed by atoms with Gasteiger partial charge in [0, 0.05) is 25.7 Å². The van der Waals surface area contributed by atoms with Gasteiger partial charge in [-0.25, -0.2) is 0 Å². The second kappa shape index (κ2) is 8.40. The van der Waals surface area contributed by atoms with Gasteiger partial charge in [-0.15, -0.1) is 11.6 Å². The zero-order valence-corrected chi connectivity index (χ0v) is 13.6. The van der Waals surface area contributed by atoms with Gasteiger partial charge in [0.25, 0.3) is 0 Å². The van der Waals surface area contributed by atoms with Gasteiger partial charge in [0.1, 0.15) is 5.88 Å². The Kier molecular flexibility index (Phi) is 6.52. The van der Waals surface area contributed by atoms with Crippen LogP contribution in [0.15, 0.2) is 30.3 Å². The second-order valence-electron chi connectivity index (χ2n) is 5.67. The van der Waals surface area contributed by atoms with Crippen LogP contribution in [-0.4, -0.2) is 47.3 Å². The Morgan fingerprint density at radius 3 is 2.76 bits per heavy atom. The number of nitrogens with zero attached hydrogens (tertiary/aromatic N) is 2. The summed E-state index contributed by atoms with van der Waals surface area (Å²) in [5.74, 6) is 0.128. The largest absolute Gasteiger partial charge is 0.340 e. The third-order valence-corrected chi connectivity index (χ3v) is 4.49. The molecule has 3 nitrogen and oxygen atoms in total. The minimum absolute atomic E-state index is 0.0457. The quantitative estimate of drug-likeness (QED) is 0.754. The van der Waals surface area contributed by atoms with Crippen molar-refractivity contribution < 1.29 is 4.79 Å². The van der Waals surface area contributed by atoms with Gasteiger partial charge >= 0.3 is 0 Å². The molecular weight excluding hydrogens is 284 g/mol. The summed E-state index contributed by atoms with van der Waals surface area (Å²) in [6, 6.07) is 11.0. The molecule has 0 aromatic heterocycles. The lowest BCUT2D eigenvalue weighted by atomic mass is 10.0. The van der Waals surface area contributed by atoms with Crippen molar-refractivity contribution in [2.75, 3.05) is 25.5 Å². The van der Waals surface area contributed by atoms with Crippen LogP contribution >= 0.6 is 11.6 Å². The highest BCUT2D eigenvalue weighted by Crippen LogP contribution is 2.20. The fourth-order valence-corrected chi connectivity index (χ4v) is 3.21. The zero-order chi connectivity index (χ0) is 15.1. The number of likely N-dealkylation sites (N-methyl/N-ethyl adjacent to an activating group) is 1. The fourth-order valence-electron chi connectivity index (χ4n) is 3.04. The minimum Gasteiger partial charge on any atom is -0.340 e. The molecule has 1 fully saturated rings. The van der Waals surface area contributed by atoms with Crippen LogP contribution in [0.4, 0.5) is 0 Å². The summed E-state index contributed by atoms with van der Waals surface area (Å²) in [5, 5.41) is 0. The van der Waals surface area contributed by atoms with Gasteiger partial charge in [-0.3, -0.25) is 9.69 Å². The van der Waals surface area contributed by atoms with Crippen LogP contribution in [0, 0.1) is 0 Å². The van der Waals surface area contributed by atoms with E-state index in [1.807, 2.05) is 11.8 Å². The van der Waals surface area contributed by atoms with Gasteiger partial charge in [-0.05, 0) is 31.9 Å². The third-order valence-electron chi connectivity index (χ3n) is 4.26. The minimum atomic E-state index is 0.0457. The average molecular weight is 309 g/mol. The molecule has 0 spiro atoms. The first kappa shape index (κ1) is 16.3. The molecule has 4 heteroatoms. The Bertz CT molecular complexity index is 438. The number of likely N-dealkylation sites (tertiary alicyclic amines) is 1. The number of halogens is 1. The lowest BCUT2D eigenvalue weighted by Crippen LogP contribution is -2.48. The molecule has 1 atom stereocenters. The fraction of sp³-hybridized carbons (Fsp3) is 0.588. The summed E-state index contributed by atoms with van der Waals surface area (Å²) in [6.07, 6.45) is 3.67. The number of carbonyl (C=O) groups is 1. The van der Waals surface area contributed by atoms with E-state index in [-0.39, 0.29) is 11.8 Å². The maximum atomic E-state index is 11.9. The Morgan fingerprint density at radius 2 is 2.10 bits per heavy atom. The maximum absolute atomic E-state index is 11.9. The molecule has 0 radical (unpaired) electrons. The third kappa shape index (κ3) is 4.72. The molecule has 0 aliphatic carbocycles. The molecule has 0 unspecified atom stereocenters. The van der Waals surface area contributed by atoms with Crippen LogP contribution in [-0.2, 0) is 11.3 Å². The normalized spacial score (nSPS) is 19.4. The summed E-state index contributed by atoms with van der Waals surface area (Å²) >= 11 is 5.70. The molecule has 116 valence electrons. The van der Waals surface area contributed by atoms with Crippen LogP contribution in [0.5, 0.6) is 0 Å². The molecule has 0 saturated carbocycles. The van der Waals surface area contributed by atoms with Crippen molar-refractivity contribution in [1.29, 1.82) is 0 Å². The molecule has 1 aromatic carbocycles. The number of hydrogen-bond acceptors (Lipinski definition) is 2. The number of alkyl halides is 1. The molecule has 0 bridgehead atoms. The van der Waals surface area contributed by atoms with Crippen molar-refractivity contribution in [2.24, 2.45) is 0 Å². The van der Waals surface area contributed by atoms with Crippen LogP contribution in [0.1, 0.15) is 31.7 Å². The summed E-state index contributed by atoms with van der Waals surface area (Å²) < 4.78 is 0. The molecule has 1 aliphatic rings. The van der Waals surface area contributed by atoms with E-state index in [1.165, 1.54) is 24.8 Å². The number of carbonyl (C=O) groups excluding carboxylic acids is 1. The maximum Gasteiger partial charge on any atom is 0.237 e.